The van der Waals surface area contributed by atoms with Crippen molar-refractivity contribution in [2.75, 3.05) is 9.80 Å². The van der Waals surface area contributed by atoms with Gasteiger partial charge in [-0.3, -0.25) is 0 Å². The van der Waals surface area contributed by atoms with Gasteiger partial charge in [0.15, 0.2) is 0 Å². The summed E-state index contributed by atoms with van der Waals surface area (Å²) in [6.45, 7) is 0. The van der Waals surface area contributed by atoms with Gasteiger partial charge in [0, 0.05) is 33.5 Å². The molecule has 0 heterocycles. The summed E-state index contributed by atoms with van der Waals surface area (Å²) in [4.78, 5) is 4.90. The molecule has 0 bridgehead atoms. The van der Waals surface area contributed by atoms with E-state index in [1.807, 2.05) is 0 Å². The summed E-state index contributed by atoms with van der Waals surface area (Å²) >= 11 is 0. The molecule has 0 atom stereocenters. The molecule has 8 rings (SSSR count). The van der Waals surface area contributed by atoms with E-state index in [0.29, 0.717) is 0 Å². The van der Waals surface area contributed by atoms with Crippen molar-refractivity contribution in [2.45, 2.75) is 25.7 Å². The Kier molecular flexibility index (Phi) is 7.54. The molecule has 2 aliphatic carbocycles. The van der Waals surface area contributed by atoms with Gasteiger partial charge in [-0.05, 0) is 96.2 Å². The molecule has 0 unspecified atom stereocenters. The number of benzene rings is 6. The molecule has 6 aromatic carbocycles. The zero-order valence-corrected chi connectivity index (χ0v) is 25.9. The molecule has 2 heteroatoms. The van der Waals surface area contributed by atoms with E-state index < -0.39 is 0 Å². The van der Waals surface area contributed by atoms with Crippen LogP contribution in [0.1, 0.15) is 25.7 Å². The first-order valence-electron chi connectivity index (χ1n) is 16.3. The highest BCUT2D eigenvalue weighted by molar-refractivity contribution is 5.98. The Morgan fingerprint density at radius 1 is 0.326 bits per heavy atom. The summed E-state index contributed by atoms with van der Waals surface area (Å²) in [6, 6.07) is 52.2. The molecule has 0 amide bonds. The largest absolute Gasteiger partial charge is 0.314 e. The van der Waals surface area contributed by atoms with Crippen molar-refractivity contribution < 1.29 is 0 Å². The molecule has 0 fully saturated rings. The topological polar surface area (TPSA) is 6.48 Å². The number of fused-ring (bicyclic) bond motifs is 2. The Balaban J connectivity index is 1.14. The average Bonchev–Trinajstić information content (AvgIpc) is 3.14. The Bertz CT molecular complexity index is 1980. The van der Waals surface area contributed by atoms with Crippen molar-refractivity contribution in [3.8, 4) is 0 Å². The Labute approximate surface area is 271 Å². The molecule has 2 nitrogen and oxygen atoms in total. The molecule has 0 saturated carbocycles. The van der Waals surface area contributed by atoms with E-state index in [1.165, 1.54) is 66.8 Å². The lowest BCUT2D eigenvalue weighted by molar-refractivity contribution is 0.828. The second-order valence-corrected chi connectivity index (χ2v) is 12.0. The van der Waals surface area contributed by atoms with Gasteiger partial charge >= 0.3 is 0 Å². The van der Waals surface area contributed by atoms with Crippen LogP contribution in [0.2, 0.25) is 0 Å². The van der Waals surface area contributed by atoms with Gasteiger partial charge in [0.1, 0.15) is 0 Å². The van der Waals surface area contributed by atoms with Gasteiger partial charge in [-0.15, -0.1) is 0 Å². The zero-order chi connectivity index (χ0) is 30.7. The molecular formula is C44H36N2. The summed E-state index contributed by atoms with van der Waals surface area (Å²) in [5, 5.41) is 5.06. The average molecular weight is 593 g/mol. The van der Waals surface area contributed by atoms with Crippen molar-refractivity contribution in [3.05, 3.63) is 192 Å². The second kappa shape index (κ2) is 12.4. The Morgan fingerprint density at radius 3 is 1.13 bits per heavy atom. The third kappa shape index (κ3) is 5.33. The Hall–Kier alpha value is -5.60. The van der Waals surface area contributed by atoms with E-state index in [4.69, 9.17) is 0 Å². The maximum atomic E-state index is 2.45. The summed E-state index contributed by atoms with van der Waals surface area (Å²) in [6.07, 6.45) is 13.5. The number of nitrogens with zero attached hydrogens (tertiary/aromatic N) is 2. The number of allylic oxidation sites excluding steroid dienone is 8. The molecule has 0 saturated heterocycles. The zero-order valence-electron chi connectivity index (χ0n) is 25.9. The SMILES string of the molecule is C1=C(C2=CC=C(N(c3ccccc3)c3cccc4ccccc34)CC2)CCC(N(c2ccccc2)c2cccc3ccccc23)=C1. The van der Waals surface area contributed by atoms with E-state index >= 15 is 0 Å². The second-order valence-electron chi connectivity index (χ2n) is 12.0. The van der Waals surface area contributed by atoms with Crippen LogP contribution < -0.4 is 9.80 Å². The molecular weight excluding hydrogens is 556 g/mol. The normalized spacial score (nSPS) is 14.7. The standard InChI is InChI=1S/C44H36N2/c1-3-17-37(18-4-1)45(43-23-11-15-35-13-7-9-21-41(35)43)39-29-25-33(26-30-39)34-27-31-40(32-28-34)46(38-19-5-2-6-20-38)44-24-12-16-36-14-8-10-22-42(36)44/h1-25,27,29,31H,26,28,30,32H2. The number of rotatable bonds is 7. The minimum atomic E-state index is 0.990. The molecule has 0 spiro atoms. The highest BCUT2D eigenvalue weighted by Crippen LogP contribution is 2.42. The summed E-state index contributed by atoms with van der Waals surface area (Å²) in [7, 11) is 0. The van der Waals surface area contributed by atoms with Gasteiger partial charge in [0.25, 0.3) is 0 Å². The lowest BCUT2D eigenvalue weighted by Crippen LogP contribution is -2.19. The minimum Gasteiger partial charge on any atom is -0.314 e. The number of hydrogen-bond acceptors (Lipinski definition) is 2. The van der Waals surface area contributed by atoms with Gasteiger partial charge in [0.05, 0.1) is 11.4 Å². The molecule has 0 radical (unpaired) electrons. The quantitative estimate of drug-likeness (QED) is 0.182. The number of para-hydroxylation sites is 2. The number of hydrogen-bond donors (Lipinski definition) is 0. The third-order valence-corrected chi connectivity index (χ3v) is 9.29. The predicted octanol–water partition coefficient (Wildman–Crippen LogP) is 12.2. The van der Waals surface area contributed by atoms with Crippen LogP contribution in [0.15, 0.2) is 192 Å². The monoisotopic (exact) mass is 592 g/mol. The maximum absolute atomic E-state index is 2.45. The first kappa shape index (κ1) is 27.9. The van der Waals surface area contributed by atoms with Crippen molar-refractivity contribution in [3.63, 3.8) is 0 Å². The summed E-state index contributed by atoms with van der Waals surface area (Å²) in [5.74, 6) is 0. The molecule has 222 valence electrons. The van der Waals surface area contributed by atoms with Crippen LogP contribution in [-0.4, -0.2) is 0 Å². The van der Waals surface area contributed by atoms with Crippen molar-refractivity contribution >= 4 is 44.3 Å². The van der Waals surface area contributed by atoms with Gasteiger partial charge in [-0.25, -0.2) is 0 Å². The highest BCUT2D eigenvalue weighted by Gasteiger charge is 2.23. The highest BCUT2D eigenvalue weighted by atomic mass is 15.2. The number of anilines is 4. The molecule has 0 aliphatic heterocycles. The molecule has 0 aromatic heterocycles. The predicted molar refractivity (Wildman–Crippen MR) is 196 cm³/mol. The molecule has 6 aromatic rings. The van der Waals surface area contributed by atoms with E-state index in [0.717, 1.165) is 25.7 Å². The van der Waals surface area contributed by atoms with Crippen LogP contribution in [0.5, 0.6) is 0 Å². The first-order valence-corrected chi connectivity index (χ1v) is 16.3. The maximum Gasteiger partial charge on any atom is 0.0536 e. The molecule has 2 aliphatic rings. The fourth-order valence-corrected chi connectivity index (χ4v) is 7.04. The smallest absolute Gasteiger partial charge is 0.0536 e. The van der Waals surface area contributed by atoms with Gasteiger partial charge in [-0.2, -0.15) is 0 Å². The lowest BCUT2D eigenvalue weighted by atomic mass is 9.89. The van der Waals surface area contributed by atoms with Crippen LogP contribution in [0.25, 0.3) is 21.5 Å². The van der Waals surface area contributed by atoms with Crippen molar-refractivity contribution in [1.29, 1.82) is 0 Å². The van der Waals surface area contributed by atoms with Gasteiger partial charge < -0.3 is 9.80 Å². The van der Waals surface area contributed by atoms with Crippen LogP contribution >= 0.6 is 0 Å². The molecule has 46 heavy (non-hydrogen) atoms. The fraction of sp³-hybridized carbons (Fsp3) is 0.0909. The van der Waals surface area contributed by atoms with Gasteiger partial charge in [-0.1, -0.05) is 121 Å². The third-order valence-electron chi connectivity index (χ3n) is 9.29. The Morgan fingerprint density at radius 2 is 0.717 bits per heavy atom. The van der Waals surface area contributed by atoms with Crippen LogP contribution in [-0.2, 0) is 0 Å². The minimum absolute atomic E-state index is 0.990. The first-order chi connectivity index (χ1) is 22.8. The van der Waals surface area contributed by atoms with Crippen molar-refractivity contribution in [1.82, 2.24) is 0 Å². The van der Waals surface area contributed by atoms with E-state index in [2.05, 4.69) is 180 Å². The van der Waals surface area contributed by atoms with E-state index in [-0.39, 0.29) is 0 Å². The molecule has 0 N–H and O–H groups in total. The van der Waals surface area contributed by atoms with Crippen LogP contribution in [0.3, 0.4) is 0 Å². The van der Waals surface area contributed by atoms with Gasteiger partial charge in [0.2, 0.25) is 0 Å². The van der Waals surface area contributed by atoms with Crippen molar-refractivity contribution in [2.24, 2.45) is 0 Å². The summed E-state index contributed by atoms with van der Waals surface area (Å²) < 4.78 is 0. The van der Waals surface area contributed by atoms with E-state index in [1.54, 1.807) is 0 Å². The van der Waals surface area contributed by atoms with Crippen LogP contribution in [0, 0.1) is 0 Å². The van der Waals surface area contributed by atoms with Crippen LogP contribution in [0.4, 0.5) is 22.7 Å². The fourth-order valence-electron chi connectivity index (χ4n) is 7.04. The van der Waals surface area contributed by atoms with E-state index in [9.17, 15) is 0 Å². The lowest BCUT2D eigenvalue weighted by Gasteiger charge is -2.32. The summed E-state index contributed by atoms with van der Waals surface area (Å²) in [5.41, 5.74) is 10.4.